The molecule has 1 aliphatic heterocycles. The van der Waals surface area contributed by atoms with Gasteiger partial charge in [0.05, 0.1) is 26.9 Å². The SMILES string of the molecule is COC(=O)[C@]1(COCc2ccccc2)O[C@@H](n2cc(C)c(=O)[nH]c2=O)[C@H](OC(=S)Oc2ccccc2)[C@@H]1OCc1ccccc1. The van der Waals surface area contributed by atoms with E-state index in [0.717, 1.165) is 15.7 Å². The second-order valence-electron chi connectivity index (χ2n) is 10.3. The lowest BCUT2D eigenvalue weighted by atomic mass is 9.95. The highest BCUT2D eigenvalue weighted by molar-refractivity contribution is 7.79. The van der Waals surface area contributed by atoms with Crippen LogP contribution in [-0.2, 0) is 41.7 Å². The molecule has 1 saturated heterocycles. The van der Waals surface area contributed by atoms with Gasteiger partial charge in [0, 0.05) is 24.0 Å². The fraction of sp³-hybridized carbons (Fsp3) is 0.273. The highest BCUT2D eigenvalue weighted by Crippen LogP contribution is 2.42. The predicted octanol–water partition coefficient (Wildman–Crippen LogP) is 3.84. The van der Waals surface area contributed by atoms with Crippen LogP contribution >= 0.6 is 12.2 Å². The number of benzene rings is 3. The molecule has 1 N–H and O–H groups in total. The number of ether oxygens (including phenoxy) is 6. The molecule has 0 bridgehead atoms. The fourth-order valence-electron chi connectivity index (χ4n) is 4.99. The summed E-state index contributed by atoms with van der Waals surface area (Å²) in [5, 5.41) is -0.312. The molecular formula is C33H32N2O9S. The number of nitrogens with zero attached hydrogens (tertiary/aromatic N) is 1. The van der Waals surface area contributed by atoms with Gasteiger partial charge in [-0.25, -0.2) is 9.59 Å². The highest BCUT2D eigenvalue weighted by atomic mass is 32.1. The summed E-state index contributed by atoms with van der Waals surface area (Å²) >= 11 is 5.46. The maximum atomic E-state index is 13.7. The standard InChI is InChI=1S/C33H32N2O9S/c1-22-18-35(31(38)34-28(22)36)29-26(43-32(45)42-25-16-10-5-11-17-25)27(41-20-24-14-8-4-9-15-24)33(44-29,30(37)39-2)21-40-19-23-12-6-3-7-13-23/h3-18,26-27,29H,19-21H2,1-2H3,(H,34,36,38)/t26-,27+,29-,33-/m1/s1. The molecule has 5 rings (SSSR count). The molecule has 0 aliphatic carbocycles. The number of methoxy groups -OCH3 is 1. The van der Waals surface area contributed by atoms with Gasteiger partial charge in [0.15, 0.2) is 12.3 Å². The topological polar surface area (TPSA) is 127 Å². The van der Waals surface area contributed by atoms with Gasteiger partial charge < -0.3 is 28.4 Å². The number of aryl methyl sites for hydroxylation is 1. The molecule has 234 valence electrons. The van der Waals surface area contributed by atoms with Crippen molar-refractivity contribution in [3.8, 4) is 5.75 Å². The molecule has 3 aromatic carbocycles. The number of aromatic nitrogens is 2. The minimum Gasteiger partial charge on any atom is -0.467 e. The van der Waals surface area contributed by atoms with E-state index >= 15 is 0 Å². The van der Waals surface area contributed by atoms with Crippen LogP contribution < -0.4 is 16.0 Å². The van der Waals surface area contributed by atoms with E-state index in [-0.39, 0.29) is 30.6 Å². The Balaban J connectivity index is 1.57. The van der Waals surface area contributed by atoms with Gasteiger partial charge >= 0.3 is 16.9 Å². The number of para-hydroxylation sites is 1. The summed E-state index contributed by atoms with van der Waals surface area (Å²) in [6, 6.07) is 27.4. The van der Waals surface area contributed by atoms with E-state index < -0.39 is 41.3 Å². The number of hydrogen-bond donors (Lipinski definition) is 1. The van der Waals surface area contributed by atoms with Crippen molar-refractivity contribution in [3.63, 3.8) is 0 Å². The molecular weight excluding hydrogens is 600 g/mol. The average Bonchev–Trinajstić information content (AvgIpc) is 3.35. The molecule has 0 amide bonds. The lowest BCUT2D eigenvalue weighted by molar-refractivity contribution is -0.197. The van der Waals surface area contributed by atoms with Crippen LogP contribution in [0, 0.1) is 6.92 Å². The number of H-pyrrole nitrogens is 1. The van der Waals surface area contributed by atoms with Crippen molar-refractivity contribution in [1.82, 2.24) is 9.55 Å². The van der Waals surface area contributed by atoms with E-state index in [2.05, 4.69) is 4.98 Å². The number of carbonyl (C=O) groups excluding carboxylic acids is 1. The normalized spacial score (nSPS) is 20.8. The smallest absolute Gasteiger partial charge is 0.358 e. The maximum Gasteiger partial charge on any atom is 0.358 e. The van der Waals surface area contributed by atoms with E-state index in [4.69, 9.17) is 40.6 Å². The molecule has 4 atom stereocenters. The molecule has 0 unspecified atom stereocenters. The van der Waals surface area contributed by atoms with Crippen molar-refractivity contribution in [2.75, 3.05) is 13.7 Å². The van der Waals surface area contributed by atoms with Gasteiger partial charge in [-0.15, -0.1) is 0 Å². The Bertz CT molecular complexity index is 1710. The third-order valence-electron chi connectivity index (χ3n) is 7.20. The van der Waals surface area contributed by atoms with Crippen molar-refractivity contribution in [2.24, 2.45) is 0 Å². The molecule has 11 nitrogen and oxygen atoms in total. The van der Waals surface area contributed by atoms with Crippen LogP contribution in [0.5, 0.6) is 5.75 Å². The first kappa shape index (κ1) is 31.8. The summed E-state index contributed by atoms with van der Waals surface area (Å²) in [6.45, 7) is 1.36. The van der Waals surface area contributed by atoms with Gasteiger partial charge in [0.1, 0.15) is 11.9 Å². The second-order valence-corrected chi connectivity index (χ2v) is 10.6. The Labute approximate surface area is 264 Å². The van der Waals surface area contributed by atoms with Gasteiger partial charge in [-0.1, -0.05) is 78.9 Å². The fourth-order valence-corrected chi connectivity index (χ4v) is 5.20. The lowest BCUT2D eigenvalue weighted by Gasteiger charge is -2.32. The third kappa shape index (κ3) is 7.37. The van der Waals surface area contributed by atoms with Gasteiger partial charge in [0.25, 0.3) is 5.56 Å². The van der Waals surface area contributed by atoms with Gasteiger partial charge in [-0.2, -0.15) is 0 Å². The Kier molecular flexibility index (Phi) is 10.2. The highest BCUT2D eigenvalue weighted by Gasteiger charge is 2.64. The van der Waals surface area contributed by atoms with E-state index in [1.165, 1.54) is 20.2 Å². The first-order valence-corrected chi connectivity index (χ1v) is 14.5. The lowest BCUT2D eigenvalue weighted by Crippen LogP contribution is -2.55. The van der Waals surface area contributed by atoms with Crippen LogP contribution in [0.25, 0.3) is 0 Å². The molecule has 2 heterocycles. The van der Waals surface area contributed by atoms with Crippen LogP contribution in [0.1, 0.15) is 22.9 Å². The number of hydrogen-bond acceptors (Lipinski definition) is 10. The molecule has 0 spiro atoms. The van der Waals surface area contributed by atoms with Gasteiger partial charge in [-0.05, 0) is 30.2 Å². The minimum atomic E-state index is -1.94. The van der Waals surface area contributed by atoms with Gasteiger partial charge in [-0.3, -0.25) is 14.3 Å². The molecule has 4 aromatic rings. The van der Waals surface area contributed by atoms with E-state index in [1.807, 2.05) is 66.7 Å². The van der Waals surface area contributed by atoms with Crippen LogP contribution in [0.15, 0.2) is 107 Å². The first-order chi connectivity index (χ1) is 21.8. The van der Waals surface area contributed by atoms with Gasteiger partial charge in [0.2, 0.25) is 5.60 Å². The molecule has 45 heavy (non-hydrogen) atoms. The zero-order chi connectivity index (χ0) is 31.8. The van der Waals surface area contributed by atoms with Crippen molar-refractivity contribution >= 4 is 23.4 Å². The second kappa shape index (κ2) is 14.4. The van der Waals surface area contributed by atoms with Crippen LogP contribution in [0.2, 0.25) is 0 Å². The van der Waals surface area contributed by atoms with Crippen LogP contribution in [0.4, 0.5) is 0 Å². The average molecular weight is 633 g/mol. The van der Waals surface area contributed by atoms with E-state index in [9.17, 15) is 14.4 Å². The Morgan fingerprint density at radius 3 is 2.16 bits per heavy atom. The predicted molar refractivity (Wildman–Crippen MR) is 167 cm³/mol. The first-order valence-electron chi connectivity index (χ1n) is 14.1. The third-order valence-corrected chi connectivity index (χ3v) is 7.38. The summed E-state index contributed by atoms with van der Waals surface area (Å²) in [4.78, 5) is 41.4. The quantitative estimate of drug-likeness (QED) is 0.193. The number of carbonyl (C=O) groups is 1. The summed E-state index contributed by atoms with van der Waals surface area (Å²) in [5.41, 5.74) is -1.45. The molecule has 1 aliphatic rings. The molecule has 1 fully saturated rings. The molecule has 0 radical (unpaired) electrons. The monoisotopic (exact) mass is 632 g/mol. The number of aromatic amines is 1. The zero-order valence-electron chi connectivity index (χ0n) is 24.6. The number of nitrogens with one attached hydrogen (secondary N) is 1. The molecule has 1 aromatic heterocycles. The summed E-state index contributed by atoms with van der Waals surface area (Å²) in [7, 11) is 1.21. The maximum absolute atomic E-state index is 13.7. The summed E-state index contributed by atoms with van der Waals surface area (Å²) in [5.74, 6) is -0.420. The van der Waals surface area contributed by atoms with Crippen molar-refractivity contribution in [1.29, 1.82) is 0 Å². The summed E-state index contributed by atoms with van der Waals surface area (Å²) in [6.07, 6.45) is -2.53. The number of esters is 1. The Morgan fingerprint density at radius 2 is 1.53 bits per heavy atom. The van der Waals surface area contributed by atoms with E-state index in [0.29, 0.717) is 5.75 Å². The number of thiocarbonyl (C=S) groups is 1. The largest absolute Gasteiger partial charge is 0.467 e. The zero-order valence-corrected chi connectivity index (χ0v) is 25.4. The Morgan fingerprint density at radius 1 is 0.933 bits per heavy atom. The van der Waals surface area contributed by atoms with Crippen molar-refractivity contribution in [3.05, 3.63) is 135 Å². The number of rotatable bonds is 11. The molecule has 12 heteroatoms. The Hall–Kier alpha value is -4.62. The van der Waals surface area contributed by atoms with E-state index in [1.54, 1.807) is 24.3 Å². The van der Waals surface area contributed by atoms with Crippen molar-refractivity contribution < 1.29 is 33.2 Å². The molecule has 0 saturated carbocycles. The summed E-state index contributed by atoms with van der Waals surface area (Å²) < 4.78 is 37.2. The minimum absolute atomic E-state index is 0.0325. The van der Waals surface area contributed by atoms with Crippen LogP contribution in [-0.4, -0.2) is 52.3 Å². The van der Waals surface area contributed by atoms with Crippen LogP contribution in [0.3, 0.4) is 0 Å². The van der Waals surface area contributed by atoms with Crippen molar-refractivity contribution in [2.45, 2.75) is 44.2 Å².